The van der Waals surface area contributed by atoms with Crippen LogP contribution in [0.3, 0.4) is 0 Å². The Hall–Kier alpha value is -2.77. The van der Waals surface area contributed by atoms with Crippen LogP contribution in [-0.4, -0.2) is 275 Å². The van der Waals surface area contributed by atoms with Crippen LogP contribution in [-0.2, 0) is 71.2 Å². The molecule has 530 valence electrons. The molecule has 29 nitrogen and oxygen atoms in total. The molecule has 0 radical (unpaired) electrons. The van der Waals surface area contributed by atoms with Crippen molar-refractivity contribution in [1.82, 2.24) is 0 Å². The standard InChI is InChI=1S/C64H100O29/c1-26-47-48(89-53-45(78)42(75)39(72)31(22-65)86-53)46(79)54(84-26)91-49-38(71)30(68)24-82-55(49)93-57(80)64-16-14-58(2,3)18-28(64)27-10-11-35-61(7)19-29(67)51(59(4,5)34(61)12-13-63(35,9)62(27,8)15-17-64)92-56-50(43(76)40(73)32(23-66)87-56)90-52-44(77)41(74)33(25-83-52)85-36(69)20-60(6,81)21-37(70)88-47/h10,26,28-35,38-56,65-68,71-79,81H,11-25H2,1-9H3/t26-,28-,29-,30-,31+,32+,33-,34-,35+,38-,39+,40+,41-,42-,43-,44+,45+,46+,47-,48-,49+,50+,51-,52-,53-,54-,55-,56-,60-,61-,62+,63+,64-/m0/s1. The van der Waals surface area contributed by atoms with Crippen LogP contribution in [0.1, 0.15) is 133 Å². The maximum Gasteiger partial charge on any atom is 0.315 e. The predicted octanol–water partition coefficient (Wildman–Crippen LogP) is -2.29. The zero-order valence-electron chi connectivity index (χ0n) is 54.2. The largest absolute Gasteiger partial charge is 0.457 e. The fourth-order valence-corrected chi connectivity index (χ4v) is 18.8. The molecule has 0 aromatic rings. The van der Waals surface area contributed by atoms with Crippen molar-refractivity contribution in [3.63, 3.8) is 0 Å². The molecule has 12 fully saturated rings. The number of ether oxygens (including phenoxy) is 12. The molecule has 5 aliphatic carbocycles. The van der Waals surface area contributed by atoms with Gasteiger partial charge in [-0.3, -0.25) is 14.4 Å². The minimum absolute atomic E-state index is 0.0114. The highest BCUT2D eigenvalue weighted by atomic mass is 16.8. The fraction of sp³-hybridized carbons (Fsp3) is 0.922. The number of carbonyl (C=O) groups is 3. The van der Waals surface area contributed by atoms with E-state index in [4.69, 9.17) is 56.8 Å². The molecule has 14 N–H and O–H groups in total. The van der Waals surface area contributed by atoms with Crippen LogP contribution in [0, 0.1) is 50.2 Å². The average Bonchev–Trinajstić information content (AvgIpc) is 0.675. The van der Waals surface area contributed by atoms with E-state index in [2.05, 4.69) is 40.7 Å². The number of carbonyl (C=O) groups excluding carboxylic acids is 3. The lowest BCUT2D eigenvalue weighted by molar-refractivity contribution is -0.376. The first-order valence-corrected chi connectivity index (χ1v) is 33.0. The molecule has 17 rings (SSSR count). The molecule has 12 heterocycles. The first-order valence-electron chi connectivity index (χ1n) is 33.0. The molecule has 33 atom stereocenters. The number of aliphatic hydroxyl groups is 14. The molecular weight excluding hydrogens is 1230 g/mol. The Morgan fingerprint density at radius 1 is 0.548 bits per heavy atom. The second kappa shape index (κ2) is 26.1. The molecule has 0 aromatic carbocycles. The van der Waals surface area contributed by atoms with E-state index in [1.165, 1.54) is 6.92 Å². The molecule has 8 saturated heterocycles. The van der Waals surface area contributed by atoms with Crippen LogP contribution < -0.4 is 0 Å². The Labute approximate surface area is 539 Å². The summed E-state index contributed by atoms with van der Waals surface area (Å²) in [5.74, 6) is -3.57. The highest BCUT2D eigenvalue weighted by molar-refractivity contribution is 5.79. The van der Waals surface area contributed by atoms with Gasteiger partial charge in [0.1, 0.15) is 85.5 Å². The second-order valence-corrected chi connectivity index (χ2v) is 31.1. The summed E-state index contributed by atoms with van der Waals surface area (Å²) in [6, 6.07) is 0. The summed E-state index contributed by atoms with van der Waals surface area (Å²) in [4.78, 5) is 43.2. The van der Waals surface area contributed by atoms with Crippen LogP contribution >= 0.6 is 0 Å². The summed E-state index contributed by atoms with van der Waals surface area (Å²) >= 11 is 0. The van der Waals surface area contributed by atoms with Crippen molar-refractivity contribution in [1.29, 1.82) is 0 Å². The topological polar surface area (TPSA) is 445 Å². The molecule has 0 aromatic heterocycles. The van der Waals surface area contributed by atoms with Gasteiger partial charge in [0.25, 0.3) is 0 Å². The number of allylic oxidation sites excluding steroid dienone is 2. The van der Waals surface area contributed by atoms with E-state index in [0.29, 0.717) is 44.9 Å². The first-order chi connectivity index (χ1) is 43.5. The molecule has 0 unspecified atom stereocenters. The number of hydrogen-bond donors (Lipinski definition) is 14. The van der Waals surface area contributed by atoms with Crippen molar-refractivity contribution in [3.05, 3.63) is 11.6 Å². The quantitative estimate of drug-likeness (QED) is 0.0610. The van der Waals surface area contributed by atoms with Gasteiger partial charge < -0.3 is 128 Å². The highest BCUT2D eigenvalue weighted by Gasteiger charge is 2.71. The maximum absolute atomic E-state index is 15.6. The van der Waals surface area contributed by atoms with Crippen LogP contribution in [0.5, 0.6) is 0 Å². The summed E-state index contributed by atoms with van der Waals surface area (Å²) in [7, 11) is 0. The first kappa shape index (κ1) is 71.5. The van der Waals surface area contributed by atoms with Gasteiger partial charge in [0.2, 0.25) is 6.29 Å². The van der Waals surface area contributed by atoms with Crippen molar-refractivity contribution >= 4 is 17.9 Å². The predicted molar refractivity (Wildman–Crippen MR) is 311 cm³/mol. The molecule has 12 bridgehead atoms. The maximum atomic E-state index is 15.6. The highest BCUT2D eigenvalue weighted by Crippen LogP contribution is 2.76. The van der Waals surface area contributed by atoms with Gasteiger partial charge in [-0.2, -0.15) is 0 Å². The number of aliphatic hydroxyl groups excluding tert-OH is 13. The Kier molecular flexibility index (Phi) is 20.0. The van der Waals surface area contributed by atoms with E-state index in [0.717, 1.165) is 18.9 Å². The fourth-order valence-electron chi connectivity index (χ4n) is 18.8. The lowest BCUT2D eigenvalue weighted by atomic mass is 9.33. The van der Waals surface area contributed by atoms with Crippen LogP contribution in [0.4, 0.5) is 0 Å². The van der Waals surface area contributed by atoms with Crippen molar-refractivity contribution in [2.75, 3.05) is 26.4 Å². The van der Waals surface area contributed by atoms with Gasteiger partial charge in [-0.15, -0.1) is 0 Å². The normalized spacial score (nSPS) is 53.8. The molecule has 93 heavy (non-hydrogen) atoms. The SMILES string of the molecule is C[C@@H]1O[C@H]2O[C@H]3[C@@H](OC[C@H](O)[C@@H]3O)OC(=O)[C@]34CCC(C)(C)C[C@H]3C3=CC[C@@H]5[C@@]6(C)C[C@H](O)[C@H](O[C@@H]7O[C@H](CO)[C@@H](O)[C@H](O)[C@H]7O[C@@H]7OC[C@H](OC(=O)C[C@](C)(O)CC(=O)O[C@@H]1[C@@H](O[C@@H]1O[C@H](CO)[C@@H](O)[C@H](O)[C@H]1O)[C@H]2O)[C@H](O)[C@H]7O)C(C)(C)[C@@H]6CC[C@@]5(C)[C@]3(C)CC4. The lowest BCUT2D eigenvalue weighted by Gasteiger charge is -2.71. The van der Waals surface area contributed by atoms with Crippen molar-refractivity contribution in [2.24, 2.45) is 50.2 Å². The monoisotopic (exact) mass is 1330 g/mol. The summed E-state index contributed by atoms with van der Waals surface area (Å²) in [5, 5.41) is 158. The summed E-state index contributed by atoms with van der Waals surface area (Å²) in [6.07, 6.45) is -38.3. The van der Waals surface area contributed by atoms with E-state index in [1.807, 2.05) is 13.8 Å². The van der Waals surface area contributed by atoms with Gasteiger partial charge in [0.15, 0.2) is 43.5 Å². The van der Waals surface area contributed by atoms with Crippen LogP contribution in [0.25, 0.3) is 0 Å². The van der Waals surface area contributed by atoms with Crippen molar-refractivity contribution < 1.29 is 143 Å². The minimum atomic E-state index is -2.31. The van der Waals surface area contributed by atoms with Crippen molar-refractivity contribution in [3.8, 4) is 0 Å². The Morgan fingerprint density at radius 2 is 1.17 bits per heavy atom. The van der Waals surface area contributed by atoms with E-state index in [-0.39, 0.29) is 29.6 Å². The minimum Gasteiger partial charge on any atom is -0.457 e. The van der Waals surface area contributed by atoms with Gasteiger partial charge in [-0.05, 0) is 116 Å². The van der Waals surface area contributed by atoms with Crippen molar-refractivity contribution in [2.45, 2.75) is 292 Å². The Balaban J connectivity index is 0.948. The average molecular weight is 1330 g/mol. The third-order valence-corrected chi connectivity index (χ3v) is 24.2. The lowest BCUT2D eigenvalue weighted by Crippen LogP contribution is -2.69. The Bertz CT molecular complexity index is 2730. The summed E-state index contributed by atoms with van der Waals surface area (Å²) < 4.78 is 72.7. The van der Waals surface area contributed by atoms with Gasteiger partial charge in [0.05, 0.1) is 68.6 Å². The molecular formula is C64H100O29. The van der Waals surface area contributed by atoms with Gasteiger partial charge in [-0.1, -0.05) is 60.1 Å². The molecule has 29 heteroatoms. The molecule has 12 aliphatic heterocycles. The van der Waals surface area contributed by atoms with Gasteiger partial charge in [-0.25, -0.2) is 0 Å². The number of hydrogen-bond acceptors (Lipinski definition) is 29. The van der Waals surface area contributed by atoms with E-state index in [1.54, 1.807) is 0 Å². The van der Waals surface area contributed by atoms with E-state index < -0.39 is 243 Å². The third kappa shape index (κ3) is 12.5. The van der Waals surface area contributed by atoms with Gasteiger partial charge >= 0.3 is 17.9 Å². The summed E-state index contributed by atoms with van der Waals surface area (Å²) in [6.45, 7) is 14.8. The zero-order chi connectivity index (χ0) is 67.8. The van der Waals surface area contributed by atoms with Crippen LogP contribution in [0.15, 0.2) is 11.6 Å². The Morgan fingerprint density at radius 3 is 1.86 bits per heavy atom. The number of rotatable bonds is 4. The second-order valence-electron chi connectivity index (χ2n) is 31.1. The molecule has 17 aliphatic rings. The third-order valence-electron chi connectivity index (χ3n) is 24.2. The zero-order valence-corrected chi connectivity index (χ0v) is 54.2. The molecule has 0 amide bonds. The van der Waals surface area contributed by atoms with Gasteiger partial charge in [0, 0.05) is 0 Å². The molecule has 1 spiro atoms. The van der Waals surface area contributed by atoms with E-state index >= 15 is 4.79 Å². The molecule has 4 saturated carbocycles. The smallest absolute Gasteiger partial charge is 0.315 e. The summed E-state index contributed by atoms with van der Waals surface area (Å²) in [5.41, 5.74) is -4.78. The number of esters is 3. The van der Waals surface area contributed by atoms with E-state index in [9.17, 15) is 81.1 Å². The van der Waals surface area contributed by atoms with Crippen LogP contribution in [0.2, 0.25) is 0 Å².